The van der Waals surface area contributed by atoms with Gasteiger partial charge in [0.1, 0.15) is 4.47 Å². The van der Waals surface area contributed by atoms with Crippen LogP contribution in [0.4, 0.5) is 0 Å². The molecular weight excluding hydrogens is 238 g/mol. The van der Waals surface area contributed by atoms with Crippen molar-refractivity contribution in [3.05, 3.63) is 10.2 Å². The van der Waals surface area contributed by atoms with Gasteiger partial charge in [-0.1, -0.05) is 5.16 Å². The van der Waals surface area contributed by atoms with E-state index in [9.17, 15) is 4.79 Å². The first-order valence-electron chi connectivity index (χ1n) is 4.02. The predicted molar refractivity (Wildman–Crippen MR) is 47.3 cm³/mol. The zero-order chi connectivity index (χ0) is 9.42. The van der Waals surface area contributed by atoms with Crippen molar-refractivity contribution >= 4 is 21.9 Å². The second kappa shape index (κ2) is 3.14. The van der Waals surface area contributed by atoms with Crippen LogP contribution in [0.15, 0.2) is 9.00 Å². The van der Waals surface area contributed by atoms with Crippen molar-refractivity contribution in [1.82, 2.24) is 5.16 Å². The van der Waals surface area contributed by atoms with E-state index in [1.54, 1.807) is 6.92 Å². The minimum absolute atomic E-state index is 0.0670. The van der Waals surface area contributed by atoms with Crippen molar-refractivity contribution in [2.45, 2.75) is 19.8 Å². The smallest absolute Gasteiger partial charge is 0.333 e. The Morgan fingerprint density at radius 2 is 2.38 bits per heavy atom. The first-order valence-corrected chi connectivity index (χ1v) is 4.81. The number of ether oxygens (including phenoxy) is 1. The minimum atomic E-state index is -0.225. The van der Waals surface area contributed by atoms with E-state index >= 15 is 0 Å². The number of aromatic nitrogens is 1. The number of nitrogens with zero attached hydrogens (tertiary/aromatic N) is 1. The molecule has 1 fully saturated rings. The minimum Gasteiger partial charge on any atom is -0.390 e. The lowest BCUT2D eigenvalue weighted by atomic mass is 10.4. The third-order valence-electron chi connectivity index (χ3n) is 1.87. The van der Waals surface area contributed by atoms with Gasteiger partial charge in [-0.05, 0) is 35.7 Å². The molecule has 0 unspecified atom stereocenters. The molecule has 0 aromatic carbocycles. The molecule has 1 aromatic rings. The van der Waals surface area contributed by atoms with Gasteiger partial charge in [0.25, 0.3) is 0 Å². The maximum atomic E-state index is 11.2. The highest BCUT2D eigenvalue weighted by molar-refractivity contribution is 9.10. The summed E-state index contributed by atoms with van der Waals surface area (Å²) in [5.74, 6) is 0.00329. The van der Waals surface area contributed by atoms with Gasteiger partial charge in [0.05, 0.1) is 11.6 Å². The summed E-state index contributed by atoms with van der Waals surface area (Å²) >= 11 is 3.21. The highest BCUT2D eigenvalue weighted by Gasteiger charge is 2.33. The first kappa shape index (κ1) is 8.74. The maximum absolute atomic E-state index is 11.2. The molecular formula is C8H8BrNO3. The lowest BCUT2D eigenvalue weighted by Gasteiger charge is -1.96. The van der Waals surface area contributed by atoms with Crippen LogP contribution in [0.3, 0.4) is 0 Å². The largest absolute Gasteiger partial charge is 0.390 e. The number of hydrogen-bond acceptors (Lipinski definition) is 4. The molecule has 0 radical (unpaired) electrons. The number of halogens is 1. The number of rotatable bonds is 2. The molecule has 0 aliphatic heterocycles. The van der Waals surface area contributed by atoms with Crippen LogP contribution in [0.2, 0.25) is 0 Å². The molecule has 2 rings (SSSR count). The summed E-state index contributed by atoms with van der Waals surface area (Å²) in [7, 11) is 0. The topological polar surface area (TPSA) is 52.3 Å². The molecule has 4 nitrogen and oxygen atoms in total. The molecule has 0 bridgehead atoms. The molecule has 0 atom stereocenters. The van der Waals surface area contributed by atoms with Crippen LogP contribution in [0.5, 0.6) is 5.95 Å². The molecule has 13 heavy (non-hydrogen) atoms. The highest BCUT2D eigenvalue weighted by Crippen LogP contribution is 2.33. The van der Waals surface area contributed by atoms with Gasteiger partial charge in [0, 0.05) is 0 Å². The Balaban J connectivity index is 2.08. The average molecular weight is 246 g/mol. The van der Waals surface area contributed by atoms with Crippen molar-refractivity contribution in [1.29, 1.82) is 0 Å². The van der Waals surface area contributed by atoms with Gasteiger partial charge < -0.3 is 9.26 Å². The van der Waals surface area contributed by atoms with Crippen LogP contribution in [0, 0.1) is 12.8 Å². The summed E-state index contributed by atoms with van der Waals surface area (Å²) in [6.45, 7) is 1.77. The Kier molecular flexibility index (Phi) is 2.11. The summed E-state index contributed by atoms with van der Waals surface area (Å²) in [4.78, 5) is 11.2. The second-order valence-electron chi connectivity index (χ2n) is 3.06. The van der Waals surface area contributed by atoms with Crippen molar-refractivity contribution < 1.29 is 14.1 Å². The molecule has 70 valence electrons. The average Bonchev–Trinajstić information content (AvgIpc) is 2.89. The zero-order valence-corrected chi connectivity index (χ0v) is 8.63. The molecule has 1 aliphatic carbocycles. The number of carbonyl (C=O) groups excluding carboxylic acids is 1. The quantitative estimate of drug-likeness (QED) is 0.749. The normalized spacial score (nSPS) is 15.8. The van der Waals surface area contributed by atoms with Gasteiger partial charge in [-0.2, -0.15) is 0 Å². The fourth-order valence-corrected chi connectivity index (χ4v) is 1.12. The van der Waals surface area contributed by atoms with E-state index in [4.69, 9.17) is 9.26 Å². The molecule has 1 saturated carbocycles. The molecule has 5 heteroatoms. The summed E-state index contributed by atoms with van der Waals surface area (Å²) in [5, 5.41) is 3.65. The lowest BCUT2D eigenvalue weighted by molar-refractivity contribution is -0.137. The molecule has 0 N–H and O–H groups in total. The lowest BCUT2D eigenvalue weighted by Crippen LogP contribution is -2.09. The van der Waals surface area contributed by atoms with Gasteiger partial charge in [-0.15, -0.1) is 0 Å². The third kappa shape index (κ3) is 1.75. The molecule has 0 saturated heterocycles. The Bertz CT molecular complexity index is 343. The molecule has 1 aliphatic rings. The van der Waals surface area contributed by atoms with Gasteiger partial charge in [0.2, 0.25) is 0 Å². The molecule has 1 aromatic heterocycles. The van der Waals surface area contributed by atoms with E-state index in [-0.39, 0.29) is 17.8 Å². The molecule has 0 spiro atoms. The summed E-state index contributed by atoms with van der Waals surface area (Å²) in [6, 6.07) is 0. The van der Waals surface area contributed by atoms with Crippen LogP contribution >= 0.6 is 15.9 Å². The number of aryl methyl sites for hydroxylation is 1. The maximum Gasteiger partial charge on any atom is 0.333 e. The Hall–Kier alpha value is -0.840. The van der Waals surface area contributed by atoms with E-state index in [0.717, 1.165) is 12.8 Å². The first-order chi connectivity index (χ1) is 6.18. The van der Waals surface area contributed by atoms with E-state index in [1.165, 1.54) is 0 Å². The van der Waals surface area contributed by atoms with Crippen LogP contribution in [0.25, 0.3) is 0 Å². The highest BCUT2D eigenvalue weighted by atomic mass is 79.9. The van der Waals surface area contributed by atoms with Gasteiger partial charge in [0.15, 0.2) is 0 Å². The SMILES string of the molecule is Cc1noc(OC(=O)C2CC2)c1Br. The summed E-state index contributed by atoms with van der Waals surface area (Å²) in [5.41, 5.74) is 0.679. The number of carbonyl (C=O) groups is 1. The van der Waals surface area contributed by atoms with E-state index < -0.39 is 0 Å². The summed E-state index contributed by atoms with van der Waals surface area (Å²) < 4.78 is 10.4. The second-order valence-corrected chi connectivity index (χ2v) is 3.86. The fraction of sp³-hybridized carbons (Fsp3) is 0.500. The van der Waals surface area contributed by atoms with Gasteiger partial charge in [-0.25, -0.2) is 0 Å². The van der Waals surface area contributed by atoms with E-state index in [2.05, 4.69) is 21.1 Å². The van der Waals surface area contributed by atoms with E-state index in [1.807, 2.05) is 0 Å². The van der Waals surface area contributed by atoms with Crippen molar-refractivity contribution in [3.8, 4) is 5.95 Å². The van der Waals surface area contributed by atoms with Crippen LogP contribution in [-0.4, -0.2) is 11.1 Å². The Labute approximate surface area is 83.4 Å². The monoisotopic (exact) mass is 245 g/mol. The summed E-state index contributed by atoms with van der Waals surface area (Å²) in [6.07, 6.45) is 1.84. The van der Waals surface area contributed by atoms with Gasteiger partial charge in [-0.3, -0.25) is 4.79 Å². The third-order valence-corrected chi connectivity index (χ3v) is 2.76. The van der Waals surface area contributed by atoms with Crippen LogP contribution in [-0.2, 0) is 4.79 Å². The molecule has 0 amide bonds. The zero-order valence-electron chi connectivity index (χ0n) is 7.04. The van der Waals surface area contributed by atoms with E-state index in [0.29, 0.717) is 10.2 Å². The Morgan fingerprint density at radius 3 is 2.85 bits per heavy atom. The fourth-order valence-electron chi connectivity index (χ4n) is 0.895. The Morgan fingerprint density at radius 1 is 1.69 bits per heavy atom. The number of esters is 1. The van der Waals surface area contributed by atoms with Crippen molar-refractivity contribution in [2.24, 2.45) is 5.92 Å². The number of hydrogen-bond donors (Lipinski definition) is 0. The van der Waals surface area contributed by atoms with Crippen molar-refractivity contribution in [3.63, 3.8) is 0 Å². The predicted octanol–water partition coefficient (Wildman–Crippen LogP) is 2.06. The van der Waals surface area contributed by atoms with Crippen LogP contribution in [0.1, 0.15) is 18.5 Å². The van der Waals surface area contributed by atoms with Crippen molar-refractivity contribution in [2.75, 3.05) is 0 Å². The van der Waals surface area contributed by atoms with Crippen LogP contribution < -0.4 is 4.74 Å². The molecule has 1 heterocycles. The standard InChI is InChI=1S/C8H8BrNO3/c1-4-6(9)8(13-10-4)12-7(11)5-2-3-5/h5H,2-3H2,1H3. The van der Waals surface area contributed by atoms with Gasteiger partial charge >= 0.3 is 11.9 Å².